The van der Waals surface area contributed by atoms with Crippen LogP contribution in [0.5, 0.6) is 17.2 Å². The molecule has 3 aromatic rings. The molecular formula is C27H27N3O8S. The van der Waals surface area contributed by atoms with Crippen LogP contribution in [-0.4, -0.2) is 40.4 Å². The maximum absolute atomic E-state index is 13.9. The van der Waals surface area contributed by atoms with Crippen molar-refractivity contribution in [1.29, 1.82) is 0 Å². The number of phenolic OH excluding ortho intramolecular Hbond substituents is 1. The van der Waals surface area contributed by atoms with E-state index in [9.17, 15) is 24.8 Å². The molecule has 2 heterocycles. The lowest BCUT2D eigenvalue weighted by Crippen LogP contribution is -2.40. The highest BCUT2D eigenvalue weighted by Gasteiger charge is 2.35. The standard InChI is InChI=1S/C27H27N3O8S/c1-6-37-26(33)22-15(4)28-27-29(23(22)17-9-7-8-10-19(17)38-14(2)3)25(32)21(39-27)13-16-11-18(30(34)35)24(31)20(12-16)36-5/h7-14,23,31H,6H2,1-5H3/b21-13+/t23-/m1/s1. The zero-order chi connectivity index (χ0) is 28.4. The molecule has 12 heteroatoms. The third-order valence-electron chi connectivity index (χ3n) is 5.88. The molecule has 0 aliphatic carbocycles. The fraction of sp³-hybridized carbons (Fsp3) is 0.296. The lowest BCUT2D eigenvalue weighted by molar-refractivity contribution is -0.386. The van der Waals surface area contributed by atoms with Crippen molar-refractivity contribution >= 4 is 29.1 Å². The van der Waals surface area contributed by atoms with Gasteiger partial charge in [-0.3, -0.25) is 19.5 Å². The topological polar surface area (TPSA) is 142 Å². The van der Waals surface area contributed by atoms with Crippen molar-refractivity contribution in [1.82, 2.24) is 4.57 Å². The molecule has 0 saturated carbocycles. The number of nitro groups is 1. The molecule has 11 nitrogen and oxygen atoms in total. The predicted molar refractivity (Wildman–Crippen MR) is 144 cm³/mol. The number of carbonyl (C=O) groups excluding carboxylic acids is 1. The Morgan fingerprint density at radius 1 is 1.28 bits per heavy atom. The van der Waals surface area contributed by atoms with Crippen LogP contribution in [0.3, 0.4) is 0 Å². The fourth-order valence-electron chi connectivity index (χ4n) is 4.30. The minimum absolute atomic E-state index is 0.110. The number of methoxy groups -OCH3 is 1. The number of esters is 1. The van der Waals surface area contributed by atoms with Crippen molar-refractivity contribution in [2.24, 2.45) is 4.99 Å². The third-order valence-corrected chi connectivity index (χ3v) is 6.87. The van der Waals surface area contributed by atoms with Crippen molar-refractivity contribution in [2.45, 2.75) is 39.8 Å². The van der Waals surface area contributed by atoms with Crippen molar-refractivity contribution < 1.29 is 29.0 Å². The summed E-state index contributed by atoms with van der Waals surface area (Å²) in [6.07, 6.45) is 1.29. The molecule has 0 amide bonds. The molecule has 0 radical (unpaired) electrons. The number of rotatable bonds is 8. The van der Waals surface area contributed by atoms with Crippen LogP contribution in [0, 0.1) is 10.1 Å². The van der Waals surface area contributed by atoms with Crippen LogP contribution < -0.4 is 24.4 Å². The lowest BCUT2D eigenvalue weighted by atomic mass is 9.95. The number of nitro benzene ring substituents is 1. The number of allylic oxidation sites excluding steroid dienone is 1. The van der Waals surface area contributed by atoms with Crippen molar-refractivity contribution in [3.8, 4) is 17.2 Å². The van der Waals surface area contributed by atoms with E-state index in [-0.39, 0.29) is 34.1 Å². The highest BCUT2D eigenvalue weighted by atomic mass is 32.1. The van der Waals surface area contributed by atoms with Gasteiger partial charge in [-0.2, -0.15) is 0 Å². The molecule has 1 aromatic heterocycles. The molecule has 204 valence electrons. The predicted octanol–water partition coefficient (Wildman–Crippen LogP) is 3.21. The van der Waals surface area contributed by atoms with Crippen LogP contribution in [0.4, 0.5) is 5.69 Å². The number of fused-ring (bicyclic) bond motifs is 1. The van der Waals surface area contributed by atoms with E-state index in [0.717, 1.165) is 17.4 Å². The third kappa shape index (κ3) is 5.28. The highest BCUT2D eigenvalue weighted by Crippen LogP contribution is 2.38. The quantitative estimate of drug-likeness (QED) is 0.255. The van der Waals surface area contributed by atoms with Gasteiger partial charge in [0.05, 0.1) is 40.5 Å². The second-order valence-corrected chi connectivity index (χ2v) is 9.86. The van der Waals surface area contributed by atoms with Crippen LogP contribution in [0.1, 0.15) is 44.9 Å². The Balaban J connectivity index is 2.00. The average molecular weight is 554 g/mol. The van der Waals surface area contributed by atoms with Crippen molar-refractivity contribution in [3.05, 3.63) is 88.6 Å². The van der Waals surface area contributed by atoms with E-state index in [2.05, 4.69) is 4.99 Å². The molecule has 39 heavy (non-hydrogen) atoms. The molecule has 0 spiro atoms. The molecule has 1 N–H and O–H groups in total. The van der Waals surface area contributed by atoms with Crippen LogP contribution in [0.2, 0.25) is 0 Å². The molecule has 0 fully saturated rings. The van der Waals surface area contributed by atoms with E-state index < -0.39 is 33.9 Å². The number of nitrogens with zero attached hydrogens (tertiary/aromatic N) is 3. The molecule has 2 aromatic carbocycles. The van der Waals surface area contributed by atoms with E-state index in [0.29, 0.717) is 21.8 Å². The number of para-hydroxylation sites is 1. The summed E-state index contributed by atoms with van der Waals surface area (Å²) < 4.78 is 18.1. The Morgan fingerprint density at radius 3 is 2.64 bits per heavy atom. The zero-order valence-corrected chi connectivity index (χ0v) is 22.8. The minimum atomic E-state index is -0.888. The Kier molecular flexibility index (Phi) is 7.86. The van der Waals surface area contributed by atoms with Crippen LogP contribution in [0.25, 0.3) is 6.08 Å². The van der Waals surface area contributed by atoms with Gasteiger partial charge in [0.1, 0.15) is 11.8 Å². The van der Waals surface area contributed by atoms with E-state index in [1.807, 2.05) is 13.8 Å². The summed E-state index contributed by atoms with van der Waals surface area (Å²) in [5.74, 6) is -0.822. The second kappa shape index (κ2) is 11.1. The van der Waals surface area contributed by atoms with Gasteiger partial charge in [0.15, 0.2) is 10.6 Å². The maximum atomic E-state index is 13.9. The van der Waals surface area contributed by atoms with E-state index in [4.69, 9.17) is 14.2 Å². The van der Waals surface area contributed by atoms with Gasteiger partial charge in [-0.05, 0) is 51.5 Å². The van der Waals surface area contributed by atoms with Gasteiger partial charge in [0.2, 0.25) is 5.75 Å². The summed E-state index contributed by atoms with van der Waals surface area (Å²) in [6.45, 7) is 7.26. The van der Waals surface area contributed by atoms with Crippen molar-refractivity contribution in [3.63, 3.8) is 0 Å². The second-order valence-electron chi connectivity index (χ2n) is 8.85. The Morgan fingerprint density at radius 2 is 2.00 bits per heavy atom. The first kappa shape index (κ1) is 27.6. The van der Waals surface area contributed by atoms with E-state index in [1.165, 1.54) is 23.8 Å². The number of aromatic nitrogens is 1. The summed E-state index contributed by atoms with van der Waals surface area (Å²) in [7, 11) is 1.27. The number of carbonyl (C=O) groups is 1. The normalized spacial score (nSPS) is 15.1. The Labute approximate surface area is 227 Å². The number of benzene rings is 2. The molecular weight excluding hydrogens is 526 g/mol. The van der Waals surface area contributed by atoms with Gasteiger partial charge in [0.25, 0.3) is 5.56 Å². The molecule has 0 bridgehead atoms. The average Bonchev–Trinajstić information content (AvgIpc) is 3.18. The molecule has 0 unspecified atom stereocenters. The van der Waals surface area contributed by atoms with Crippen LogP contribution in [-0.2, 0) is 9.53 Å². The number of ether oxygens (including phenoxy) is 3. The largest absolute Gasteiger partial charge is 0.500 e. The number of thiazole rings is 1. The summed E-state index contributed by atoms with van der Waals surface area (Å²) in [4.78, 5) is 42.6. The fourth-order valence-corrected chi connectivity index (χ4v) is 5.34. The lowest BCUT2D eigenvalue weighted by Gasteiger charge is -2.26. The molecule has 4 rings (SSSR count). The van der Waals surface area contributed by atoms with Crippen LogP contribution in [0.15, 0.2) is 57.5 Å². The van der Waals surface area contributed by atoms with Gasteiger partial charge in [-0.25, -0.2) is 9.79 Å². The summed E-state index contributed by atoms with van der Waals surface area (Å²) in [5.41, 5.74) is 0.421. The maximum Gasteiger partial charge on any atom is 0.338 e. The van der Waals surface area contributed by atoms with Gasteiger partial charge in [-0.1, -0.05) is 29.5 Å². The van der Waals surface area contributed by atoms with Gasteiger partial charge in [0, 0.05) is 11.6 Å². The number of hydrogen-bond donors (Lipinski definition) is 1. The first-order valence-corrected chi connectivity index (χ1v) is 12.9. The van der Waals surface area contributed by atoms with Gasteiger partial charge >= 0.3 is 11.7 Å². The molecule has 0 saturated heterocycles. The number of aromatic hydroxyl groups is 1. The van der Waals surface area contributed by atoms with E-state index >= 15 is 0 Å². The highest BCUT2D eigenvalue weighted by molar-refractivity contribution is 7.07. The SMILES string of the molecule is CCOC(=O)C1=C(C)N=c2s/c(=C/c3cc(OC)c(O)c([N+](=O)[O-])c3)c(=O)n2[C@@H]1c1ccccc1OC(C)C. The summed E-state index contributed by atoms with van der Waals surface area (Å²) >= 11 is 1.07. The van der Waals surface area contributed by atoms with Crippen LogP contribution >= 0.6 is 11.3 Å². The Hall–Kier alpha value is -4.45. The first-order valence-electron chi connectivity index (χ1n) is 12.1. The Bertz CT molecular complexity index is 1670. The monoisotopic (exact) mass is 553 g/mol. The van der Waals surface area contributed by atoms with Gasteiger partial charge in [-0.15, -0.1) is 0 Å². The zero-order valence-electron chi connectivity index (χ0n) is 22.0. The smallest absolute Gasteiger partial charge is 0.338 e. The summed E-state index contributed by atoms with van der Waals surface area (Å²) in [5, 5.41) is 21.6. The number of phenols is 1. The minimum Gasteiger partial charge on any atom is -0.500 e. The number of hydrogen-bond acceptors (Lipinski definition) is 10. The first-order chi connectivity index (χ1) is 18.6. The molecule has 1 atom stereocenters. The summed E-state index contributed by atoms with van der Waals surface area (Å²) in [6, 6.07) is 8.79. The van der Waals surface area contributed by atoms with Crippen molar-refractivity contribution in [2.75, 3.05) is 13.7 Å². The molecule has 1 aliphatic heterocycles. The van der Waals surface area contributed by atoms with E-state index in [1.54, 1.807) is 38.1 Å². The van der Waals surface area contributed by atoms with Gasteiger partial charge < -0.3 is 19.3 Å². The molecule has 1 aliphatic rings.